The Labute approximate surface area is 265 Å². The molecule has 3 aliphatic heterocycles. The van der Waals surface area contributed by atoms with Gasteiger partial charge in [0.25, 0.3) is 0 Å². The molecule has 1 N–H and O–H groups in total. The third-order valence-corrected chi connectivity index (χ3v) is 10.0. The van der Waals surface area contributed by atoms with Gasteiger partial charge < -0.3 is 24.4 Å². The molecule has 2 amide bonds. The third-order valence-electron chi connectivity index (χ3n) is 10.0. The maximum absolute atomic E-state index is 14.9. The van der Waals surface area contributed by atoms with E-state index < -0.39 is 41.1 Å². The number of esters is 1. The Morgan fingerprint density at radius 1 is 1.24 bits per heavy atom. The van der Waals surface area contributed by atoms with Crippen molar-refractivity contribution in [3.63, 3.8) is 0 Å². The summed E-state index contributed by atoms with van der Waals surface area (Å²) in [6, 6.07) is 5.79. The van der Waals surface area contributed by atoms with Crippen molar-refractivity contribution in [2.75, 3.05) is 19.8 Å². The van der Waals surface area contributed by atoms with Crippen molar-refractivity contribution in [3.8, 4) is 0 Å². The summed E-state index contributed by atoms with van der Waals surface area (Å²) in [6.07, 6.45) is 6.72. The normalized spacial score (nSPS) is 29.3. The van der Waals surface area contributed by atoms with Crippen LogP contribution in [0.3, 0.4) is 0 Å². The van der Waals surface area contributed by atoms with Gasteiger partial charge in [0.05, 0.1) is 36.3 Å². The van der Waals surface area contributed by atoms with Crippen LogP contribution in [0.1, 0.15) is 59.8 Å². The van der Waals surface area contributed by atoms with Crippen molar-refractivity contribution < 1.29 is 29.0 Å². The Hall–Kier alpha value is -3.57. The van der Waals surface area contributed by atoms with E-state index in [0.29, 0.717) is 24.8 Å². The minimum atomic E-state index is -1.26. The predicted octanol–water partition coefficient (Wildman–Crippen LogP) is 3.72. The average molecular weight is 622 g/mol. The first kappa shape index (κ1) is 32.8. The highest BCUT2D eigenvalue weighted by molar-refractivity contribution is 5.98. The van der Waals surface area contributed by atoms with Gasteiger partial charge in [0.15, 0.2) is 0 Å². The molecule has 4 heterocycles. The Balaban J connectivity index is 1.54. The number of allylic oxidation sites excluding steroid dienone is 1. The molecular weight excluding hydrogens is 574 g/mol. The van der Waals surface area contributed by atoms with Crippen LogP contribution in [0.15, 0.2) is 49.6 Å². The van der Waals surface area contributed by atoms with E-state index in [1.165, 1.54) is 4.90 Å². The molecule has 11 heteroatoms. The number of ether oxygens (including phenoxy) is 2. The van der Waals surface area contributed by atoms with Crippen LogP contribution in [0.4, 0.5) is 0 Å². The molecule has 5 rings (SSSR count). The minimum Gasteiger partial charge on any atom is -0.465 e. The fraction of sp³-hybridized carbons (Fsp3) is 0.618. The Bertz CT molecular complexity index is 1440. The lowest BCUT2D eigenvalue weighted by Gasteiger charge is -2.39. The molecule has 3 saturated heterocycles. The summed E-state index contributed by atoms with van der Waals surface area (Å²) in [4.78, 5) is 46.4. The molecule has 2 aromatic rings. The number of likely N-dealkylation sites (tertiary alicyclic amines) is 1. The molecule has 7 atom stereocenters. The molecule has 0 aliphatic carbocycles. The lowest BCUT2D eigenvalue weighted by Crippen LogP contribution is -2.59. The number of carbonyl (C=O) groups excluding carboxylic acids is 3. The summed E-state index contributed by atoms with van der Waals surface area (Å²) < 4.78 is 14.3. The smallest absolute Gasteiger partial charge is 0.312 e. The van der Waals surface area contributed by atoms with Gasteiger partial charge in [-0.2, -0.15) is 0 Å². The molecule has 0 radical (unpaired) electrons. The first-order valence-corrected chi connectivity index (χ1v) is 16.1. The number of aliphatic hydroxyl groups excluding tert-OH is 1. The Morgan fingerprint density at radius 2 is 2.00 bits per heavy atom. The summed E-state index contributed by atoms with van der Waals surface area (Å²) in [5, 5.41) is 19.1. The van der Waals surface area contributed by atoms with Crippen LogP contribution in [-0.2, 0) is 30.5 Å². The van der Waals surface area contributed by atoms with Crippen LogP contribution in [-0.4, -0.2) is 90.7 Å². The molecule has 244 valence electrons. The number of hydrogen-bond acceptors (Lipinski definition) is 8. The maximum Gasteiger partial charge on any atom is 0.312 e. The standard InChI is InChI=1S/C34H47N5O6/c1-7-9-10-13-17-44-32(43)28-27-30(41)39(24(20-40)18-22(3)4)29(34(27)19-23(5)33(28,6)45-34)31(42)37(16-8-2)21-38-26-15-12-11-14-25(26)35-36-38/h7-8,11-12,14-15,22-24,27-29,40H,1-2,9-10,13,16-21H2,3-6H3/t23?,24-,27+,28+,29?,33-,34?/m1/s1. The van der Waals surface area contributed by atoms with Crippen molar-refractivity contribution in [1.29, 1.82) is 0 Å². The van der Waals surface area contributed by atoms with Gasteiger partial charge in [-0.05, 0) is 63.0 Å². The summed E-state index contributed by atoms with van der Waals surface area (Å²) in [5.41, 5.74) is -0.787. The Kier molecular flexibility index (Phi) is 9.51. The van der Waals surface area contributed by atoms with Crippen molar-refractivity contribution in [2.24, 2.45) is 23.7 Å². The molecule has 0 saturated carbocycles. The zero-order valence-electron chi connectivity index (χ0n) is 26.9. The maximum atomic E-state index is 14.9. The number of para-hydroxylation sites is 1. The lowest BCUT2D eigenvalue weighted by atomic mass is 9.62. The highest BCUT2D eigenvalue weighted by Gasteiger charge is 2.80. The number of rotatable bonds is 15. The van der Waals surface area contributed by atoms with Gasteiger partial charge in [-0.25, -0.2) is 4.68 Å². The number of aliphatic hydroxyl groups is 1. The fourth-order valence-electron chi connectivity index (χ4n) is 7.91. The molecule has 3 unspecified atom stereocenters. The van der Waals surface area contributed by atoms with Gasteiger partial charge in [-0.15, -0.1) is 18.3 Å². The SMILES string of the molecule is C=CCCCCOC(=O)[C@@H]1[C@H]2C(=O)N([C@@H](CO)CC(C)C)C(C(=O)N(CC=C)Cn3nnc4ccccc43)C23CC(C)[C@@]1(C)O3. The van der Waals surface area contributed by atoms with E-state index in [0.717, 1.165) is 18.4 Å². The molecule has 45 heavy (non-hydrogen) atoms. The number of nitrogens with zero attached hydrogens (tertiary/aromatic N) is 5. The molecule has 1 aromatic heterocycles. The van der Waals surface area contributed by atoms with Crippen LogP contribution in [0.25, 0.3) is 11.0 Å². The van der Waals surface area contributed by atoms with Gasteiger partial charge >= 0.3 is 5.97 Å². The Morgan fingerprint density at radius 3 is 2.69 bits per heavy atom. The van der Waals surface area contributed by atoms with Crippen LogP contribution >= 0.6 is 0 Å². The fourth-order valence-corrected chi connectivity index (χ4v) is 7.91. The highest BCUT2D eigenvalue weighted by Crippen LogP contribution is 2.65. The number of fused-ring (bicyclic) bond motifs is 2. The van der Waals surface area contributed by atoms with Crippen LogP contribution in [0, 0.1) is 23.7 Å². The third kappa shape index (κ3) is 5.58. The van der Waals surface area contributed by atoms with Gasteiger partial charge in [-0.1, -0.05) is 50.3 Å². The molecule has 1 aromatic carbocycles. The topological polar surface area (TPSA) is 127 Å². The van der Waals surface area contributed by atoms with E-state index in [9.17, 15) is 19.5 Å². The number of hydrogen-bond donors (Lipinski definition) is 1. The second kappa shape index (κ2) is 13.0. The van der Waals surface area contributed by atoms with Gasteiger partial charge in [0, 0.05) is 6.54 Å². The van der Waals surface area contributed by atoms with Gasteiger partial charge in [0.2, 0.25) is 11.8 Å². The number of carbonyl (C=O) groups is 3. The molecule has 1 spiro atoms. The van der Waals surface area contributed by atoms with Crippen molar-refractivity contribution in [2.45, 2.75) is 89.8 Å². The monoisotopic (exact) mass is 621 g/mol. The lowest BCUT2D eigenvalue weighted by molar-refractivity contribution is -0.164. The van der Waals surface area contributed by atoms with Crippen molar-refractivity contribution in [1.82, 2.24) is 24.8 Å². The quantitative estimate of drug-likeness (QED) is 0.181. The number of amides is 2. The van der Waals surface area contributed by atoms with Gasteiger partial charge in [-0.3, -0.25) is 14.4 Å². The van der Waals surface area contributed by atoms with E-state index >= 15 is 0 Å². The van der Waals surface area contributed by atoms with E-state index in [2.05, 4.69) is 23.5 Å². The number of benzene rings is 1. The van der Waals surface area contributed by atoms with E-state index in [-0.39, 0.29) is 50.1 Å². The number of unbranched alkanes of at least 4 members (excludes halogenated alkanes) is 2. The molecule has 3 fully saturated rings. The van der Waals surface area contributed by atoms with Gasteiger partial charge in [0.1, 0.15) is 29.7 Å². The van der Waals surface area contributed by atoms with Crippen LogP contribution < -0.4 is 0 Å². The number of aromatic nitrogens is 3. The zero-order valence-corrected chi connectivity index (χ0v) is 26.9. The first-order valence-electron chi connectivity index (χ1n) is 16.1. The largest absolute Gasteiger partial charge is 0.465 e. The molecule has 11 nitrogen and oxygen atoms in total. The summed E-state index contributed by atoms with van der Waals surface area (Å²) >= 11 is 0. The summed E-state index contributed by atoms with van der Waals surface area (Å²) in [5.74, 6) is -2.94. The molecule has 3 aliphatic rings. The predicted molar refractivity (Wildman–Crippen MR) is 168 cm³/mol. The zero-order chi connectivity index (χ0) is 32.5. The van der Waals surface area contributed by atoms with Crippen LogP contribution in [0.5, 0.6) is 0 Å². The van der Waals surface area contributed by atoms with E-state index in [1.807, 2.05) is 58.0 Å². The van der Waals surface area contributed by atoms with E-state index in [4.69, 9.17) is 9.47 Å². The second-order valence-corrected chi connectivity index (χ2v) is 13.4. The van der Waals surface area contributed by atoms with Crippen molar-refractivity contribution in [3.05, 3.63) is 49.6 Å². The highest BCUT2D eigenvalue weighted by atomic mass is 16.6. The van der Waals surface area contributed by atoms with E-state index in [1.54, 1.807) is 15.7 Å². The molecule has 2 bridgehead atoms. The first-order chi connectivity index (χ1) is 21.5. The minimum absolute atomic E-state index is 0.0710. The molecular formula is C34H47N5O6. The summed E-state index contributed by atoms with van der Waals surface area (Å²) in [7, 11) is 0. The second-order valence-electron chi connectivity index (χ2n) is 13.4. The average Bonchev–Trinajstić information content (AvgIpc) is 3.68. The van der Waals surface area contributed by atoms with Crippen LogP contribution in [0.2, 0.25) is 0 Å². The summed E-state index contributed by atoms with van der Waals surface area (Å²) in [6.45, 7) is 15.7. The van der Waals surface area contributed by atoms with Crippen molar-refractivity contribution >= 4 is 28.8 Å².